The van der Waals surface area contributed by atoms with E-state index in [1.807, 2.05) is 24.3 Å². The summed E-state index contributed by atoms with van der Waals surface area (Å²) in [5, 5.41) is 15.2. The van der Waals surface area contributed by atoms with Crippen LogP contribution in [0, 0.1) is 5.92 Å². The van der Waals surface area contributed by atoms with Gasteiger partial charge in [0, 0.05) is 49.3 Å². The summed E-state index contributed by atoms with van der Waals surface area (Å²) in [7, 11) is 7.12. The molecular formula is C38H40ClN3O10. The van der Waals surface area contributed by atoms with Gasteiger partial charge in [-0.05, 0) is 36.2 Å². The van der Waals surface area contributed by atoms with E-state index in [0.29, 0.717) is 30.7 Å². The van der Waals surface area contributed by atoms with Crippen molar-refractivity contribution in [3.05, 3.63) is 75.8 Å². The van der Waals surface area contributed by atoms with E-state index in [9.17, 15) is 19.5 Å². The van der Waals surface area contributed by atoms with Crippen molar-refractivity contribution in [1.29, 1.82) is 0 Å². The molecule has 6 rings (SSSR count). The van der Waals surface area contributed by atoms with E-state index in [1.54, 1.807) is 19.1 Å². The number of hydrogen-bond acceptors (Lipinski definition) is 11. The zero-order chi connectivity index (χ0) is 37.3. The molecule has 3 N–H and O–H groups in total. The number of aliphatic hydroxyl groups is 1. The van der Waals surface area contributed by atoms with E-state index in [2.05, 4.69) is 15.3 Å². The maximum absolute atomic E-state index is 14.4. The molecule has 0 saturated heterocycles. The highest BCUT2D eigenvalue weighted by atomic mass is 35.5. The lowest BCUT2D eigenvalue weighted by atomic mass is 9.69. The highest BCUT2D eigenvalue weighted by Gasteiger charge is 2.61. The molecule has 0 saturated carbocycles. The lowest BCUT2D eigenvalue weighted by molar-refractivity contribution is -0.121. The Labute approximate surface area is 305 Å². The number of benzene rings is 3. The van der Waals surface area contributed by atoms with Crippen LogP contribution in [0.15, 0.2) is 53.8 Å². The minimum absolute atomic E-state index is 0.00479. The van der Waals surface area contributed by atoms with Gasteiger partial charge in [0.25, 0.3) is 0 Å². The van der Waals surface area contributed by atoms with E-state index in [-0.39, 0.29) is 57.7 Å². The van der Waals surface area contributed by atoms with Gasteiger partial charge in [0.05, 0.1) is 46.6 Å². The Kier molecular flexibility index (Phi) is 10.3. The van der Waals surface area contributed by atoms with Crippen molar-refractivity contribution in [3.63, 3.8) is 0 Å². The number of aryl methyl sites for hydroxylation is 1. The van der Waals surface area contributed by atoms with Crippen molar-refractivity contribution in [2.75, 3.05) is 42.1 Å². The van der Waals surface area contributed by atoms with Crippen LogP contribution >= 0.6 is 11.6 Å². The zero-order valence-electron chi connectivity index (χ0n) is 29.7. The monoisotopic (exact) mass is 733 g/mol. The molecule has 1 aromatic heterocycles. The number of carbonyl (C=O) groups excluding carboxylic acids is 3. The number of aliphatic hydroxyl groups excluding tert-OH is 1. The summed E-state index contributed by atoms with van der Waals surface area (Å²) < 4.78 is 33.9. The van der Waals surface area contributed by atoms with Gasteiger partial charge in [-0.25, -0.2) is 4.98 Å². The number of nitrogens with one attached hydrogen (secondary N) is 2. The van der Waals surface area contributed by atoms with Crippen LogP contribution < -0.4 is 33.7 Å². The second-order valence-electron chi connectivity index (χ2n) is 12.6. The second kappa shape index (κ2) is 14.7. The number of methoxy groups -OCH3 is 5. The molecule has 1 unspecified atom stereocenters. The first-order valence-electron chi connectivity index (χ1n) is 16.7. The Morgan fingerprint density at radius 1 is 1.02 bits per heavy atom. The van der Waals surface area contributed by atoms with Gasteiger partial charge in [-0.15, -0.1) is 0 Å². The first-order valence-corrected chi connectivity index (χ1v) is 17.1. The number of para-hydroxylation sites is 2. The number of halogens is 1. The smallest absolute Gasteiger partial charge is 0.231 e. The molecule has 274 valence electrons. The second-order valence-corrected chi connectivity index (χ2v) is 13.0. The molecule has 0 fully saturated rings. The highest BCUT2D eigenvalue weighted by molar-refractivity contribution is 6.35. The molecule has 4 aromatic rings. The predicted molar refractivity (Wildman–Crippen MR) is 192 cm³/mol. The van der Waals surface area contributed by atoms with E-state index in [4.69, 9.17) is 40.0 Å². The minimum atomic E-state index is -2.04. The molecule has 2 aliphatic rings. The maximum Gasteiger partial charge on any atom is 0.231 e. The molecule has 1 spiro atoms. The Hall–Kier alpha value is -5.43. The third kappa shape index (κ3) is 6.12. The molecule has 3 atom stereocenters. The Morgan fingerprint density at radius 2 is 1.69 bits per heavy atom. The fourth-order valence-electron chi connectivity index (χ4n) is 7.09. The zero-order valence-corrected chi connectivity index (χ0v) is 30.4. The van der Waals surface area contributed by atoms with Gasteiger partial charge in [-0.2, -0.15) is 0 Å². The van der Waals surface area contributed by atoms with Crippen molar-refractivity contribution in [3.8, 4) is 34.5 Å². The first kappa shape index (κ1) is 36.4. The van der Waals surface area contributed by atoms with E-state index < -0.39 is 40.7 Å². The molecule has 0 radical (unpaired) electrons. The molecule has 1 aliphatic carbocycles. The van der Waals surface area contributed by atoms with Crippen LogP contribution in [0.25, 0.3) is 11.0 Å². The Balaban J connectivity index is 1.38. The number of allylic oxidation sites excluding steroid dienone is 1. The van der Waals surface area contributed by atoms with E-state index >= 15 is 0 Å². The largest absolute Gasteiger partial charge is 0.507 e. The Morgan fingerprint density at radius 3 is 2.33 bits per heavy atom. The van der Waals surface area contributed by atoms with E-state index in [0.717, 1.165) is 16.9 Å². The summed E-state index contributed by atoms with van der Waals surface area (Å²) in [6, 6.07) is 12.4. The summed E-state index contributed by atoms with van der Waals surface area (Å²) >= 11 is 6.63. The Bertz CT molecular complexity index is 2030. The summed E-state index contributed by atoms with van der Waals surface area (Å²) in [4.78, 5) is 50.1. The number of nitrogens with zero attached hydrogens (tertiary/aromatic N) is 1. The highest BCUT2D eigenvalue weighted by Crippen LogP contribution is 2.56. The average molecular weight is 734 g/mol. The molecule has 14 heteroatoms. The van der Waals surface area contributed by atoms with Crippen molar-refractivity contribution >= 4 is 40.1 Å². The van der Waals surface area contributed by atoms with Crippen LogP contribution in [0.4, 0.5) is 0 Å². The van der Waals surface area contributed by atoms with Crippen molar-refractivity contribution in [2.24, 2.45) is 5.92 Å². The summed E-state index contributed by atoms with van der Waals surface area (Å²) in [5.41, 5.74) is -0.0114. The van der Waals surface area contributed by atoms with Crippen LogP contribution in [-0.2, 0) is 16.0 Å². The number of carbonyl (C=O) groups is 3. The molecule has 1 aliphatic heterocycles. The van der Waals surface area contributed by atoms with Crippen LogP contribution in [0.3, 0.4) is 0 Å². The van der Waals surface area contributed by atoms with Crippen molar-refractivity contribution in [1.82, 2.24) is 15.3 Å². The average Bonchev–Trinajstić information content (AvgIpc) is 3.71. The topological polar surface area (TPSA) is 168 Å². The fourth-order valence-corrected chi connectivity index (χ4v) is 7.36. The third-order valence-electron chi connectivity index (χ3n) is 9.69. The standard InChI is InChI=1S/C38H40ClN3O10/c1-19-14-24(43)31(36(45)38(19)37(46)32-25(47-2)18-26(48-3)33(39)35(32)52-38)21(20-15-27(49-4)34(51-6)28(16-20)50-5)17-30(44)40-13-9-12-29-41-22-10-7-8-11-23(22)42-29/h7-8,10-11,15-16,18-19,21,45H,9,12-14,17H2,1-6H3,(H,40,44)(H,41,42)/t19-,21?,38+/m1/s1. The molecule has 1 amide bonds. The van der Waals surface area contributed by atoms with Gasteiger partial charge in [0.15, 0.2) is 28.8 Å². The van der Waals surface area contributed by atoms with Gasteiger partial charge >= 0.3 is 0 Å². The van der Waals surface area contributed by atoms with Gasteiger partial charge in [0.1, 0.15) is 27.9 Å². The first-order chi connectivity index (χ1) is 25.0. The van der Waals surface area contributed by atoms with Crippen LogP contribution in [0.1, 0.15) is 53.8 Å². The molecule has 3 aromatic carbocycles. The molecular weight excluding hydrogens is 694 g/mol. The van der Waals surface area contributed by atoms with Gasteiger partial charge in [-0.3, -0.25) is 14.4 Å². The SMILES string of the molecule is COc1cc(OC)c2c(c1Cl)O[C@]1(C2=O)C(O)=C(C(CC(=O)NCCCc2nc3ccccc3[nH]2)c2cc(OC)c(OC)c(OC)c2)C(=O)C[C@H]1C. The number of fused-ring (bicyclic) bond motifs is 2. The molecule has 0 bridgehead atoms. The van der Waals surface area contributed by atoms with Crippen LogP contribution in [-0.4, -0.2) is 80.2 Å². The lowest BCUT2D eigenvalue weighted by Crippen LogP contribution is -2.53. The predicted octanol–water partition coefficient (Wildman–Crippen LogP) is 5.92. The van der Waals surface area contributed by atoms with Crippen LogP contribution in [0.5, 0.6) is 34.5 Å². The minimum Gasteiger partial charge on any atom is -0.507 e. The summed E-state index contributed by atoms with van der Waals surface area (Å²) in [5.74, 6) is -2.13. The normalized spacial score (nSPS) is 18.6. The number of amides is 1. The summed E-state index contributed by atoms with van der Waals surface area (Å²) in [6.45, 7) is 1.95. The number of rotatable bonds is 13. The van der Waals surface area contributed by atoms with E-state index in [1.165, 1.54) is 41.6 Å². The third-order valence-corrected chi connectivity index (χ3v) is 10.0. The van der Waals surface area contributed by atoms with Crippen molar-refractivity contribution in [2.45, 2.75) is 44.1 Å². The maximum atomic E-state index is 14.4. The number of ether oxygens (including phenoxy) is 6. The van der Waals surface area contributed by atoms with Gasteiger partial charge in [-0.1, -0.05) is 30.7 Å². The molecule has 13 nitrogen and oxygen atoms in total. The number of Topliss-reactive ketones (excluding diaryl/α,β-unsaturated/α-hetero) is 2. The van der Waals surface area contributed by atoms with Gasteiger partial charge in [0.2, 0.25) is 23.0 Å². The number of hydrogen-bond donors (Lipinski definition) is 3. The lowest BCUT2D eigenvalue weighted by Gasteiger charge is -2.38. The number of aromatic nitrogens is 2. The molecule has 2 heterocycles. The number of aromatic amines is 1. The quantitative estimate of drug-likeness (QED) is 0.140. The van der Waals surface area contributed by atoms with Crippen molar-refractivity contribution < 1.29 is 47.9 Å². The van der Waals surface area contributed by atoms with Gasteiger partial charge < -0.3 is 43.8 Å². The summed E-state index contributed by atoms with van der Waals surface area (Å²) in [6.07, 6.45) is 0.710. The number of imidazole rings is 1. The fraction of sp³-hybridized carbons (Fsp3) is 0.368. The number of H-pyrrole nitrogens is 1. The number of ketones is 2. The van der Waals surface area contributed by atoms with Crippen LogP contribution in [0.2, 0.25) is 5.02 Å². The molecule has 52 heavy (non-hydrogen) atoms.